The van der Waals surface area contributed by atoms with E-state index in [0.717, 1.165) is 27.6 Å². The number of nitrogen functional groups attached to an aromatic ring is 1. The lowest BCUT2D eigenvalue weighted by molar-refractivity contribution is 0.772. The molecule has 0 spiro atoms. The van der Waals surface area contributed by atoms with Crippen molar-refractivity contribution in [2.75, 3.05) is 5.73 Å². The molecule has 0 aliphatic heterocycles. The number of pyridine rings is 1. The van der Waals surface area contributed by atoms with Gasteiger partial charge in [0, 0.05) is 11.1 Å². The Kier molecular flexibility index (Phi) is 2.47. The van der Waals surface area contributed by atoms with E-state index < -0.39 is 0 Å². The molecule has 2 N–H and O–H groups in total. The maximum absolute atomic E-state index is 6.12. The van der Waals surface area contributed by atoms with Crippen molar-refractivity contribution in [3.63, 3.8) is 0 Å². The molecule has 0 unspecified atom stereocenters. The Morgan fingerprint density at radius 1 is 1.20 bits per heavy atom. The summed E-state index contributed by atoms with van der Waals surface area (Å²) in [5, 5.41) is 0.733. The highest BCUT2D eigenvalue weighted by Crippen LogP contribution is 2.41. The van der Waals surface area contributed by atoms with Gasteiger partial charge in [-0.2, -0.15) is 0 Å². The standard InChI is InChI=1S/C15H13ClN4/c16-9-1-5-12-14(7-9)20(11-3-4-11)15(19-12)13-6-2-10(17)8-18-13/h1-2,5-8,11H,3-4,17H2. The fourth-order valence-corrected chi connectivity index (χ4v) is 2.65. The Balaban J connectivity index is 1.98. The van der Waals surface area contributed by atoms with Gasteiger partial charge in [0.2, 0.25) is 0 Å². The molecule has 100 valence electrons. The van der Waals surface area contributed by atoms with Crippen LogP contribution in [0, 0.1) is 0 Å². The van der Waals surface area contributed by atoms with E-state index in [4.69, 9.17) is 22.3 Å². The molecule has 0 radical (unpaired) electrons. The topological polar surface area (TPSA) is 56.7 Å². The van der Waals surface area contributed by atoms with Crippen molar-refractivity contribution in [2.45, 2.75) is 18.9 Å². The normalized spacial score (nSPS) is 14.8. The van der Waals surface area contributed by atoms with Crippen molar-refractivity contribution < 1.29 is 0 Å². The van der Waals surface area contributed by atoms with Crippen molar-refractivity contribution in [2.24, 2.45) is 0 Å². The zero-order chi connectivity index (χ0) is 13.7. The van der Waals surface area contributed by atoms with Gasteiger partial charge in [-0.3, -0.25) is 4.98 Å². The Morgan fingerprint density at radius 2 is 2.05 bits per heavy atom. The van der Waals surface area contributed by atoms with Gasteiger partial charge in [0.25, 0.3) is 0 Å². The van der Waals surface area contributed by atoms with Crippen molar-refractivity contribution in [3.05, 3.63) is 41.6 Å². The molecular formula is C15H13ClN4. The van der Waals surface area contributed by atoms with Crippen LogP contribution in [0.3, 0.4) is 0 Å². The molecule has 1 aromatic carbocycles. The summed E-state index contributed by atoms with van der Waals surface area (Å²) in [4.78, 5) is 9.11. The summed E-state index contributed by atoms with van der Waals surface area (Å²) in [5.74, 6) is 0.893. The van der Waals surface area contributed by atoms with E-state index >= 15 is 0 Å². The highest BCUT2D eigenvalue weighted by Gasteiger charge is 2.29. The number of fused-ring (bicyclic) bond motifs is 1. The average molecular weight is 285 g/mol. The Labute approximate surface area is 121 Å². The first-order chi connectivity index (χ1) is 9.72. The van der Waals surface area contributed by atoms with E-state index in [-0.39, 0.29) is 0 Å². The zero-order valence-corrected chi connectivity index (χ0v) is 11.5. The second kappa shape index (κ2) is 4.21. The molecule has 4 nitrogen and oxygen atoms in total. The van der Waals surface area contributed by atoms with Crippen molar-refractivity contribution in [3.8, 4) is 11.5 Å². The Morgan fingerprint density at radius 3 is 2.75 bits per heavy atom. The minimum Gasteiger partial charge on any atom is -0.397 e. The van der Waals surface area contributed by atoms with Gasteiger partial charge in [-0.15, -0.1) is 0 Å². The summed E-state index contributed by atoms with van der Waals surface area (Å²) < 4.78 is 2.25. The quantitative estimate of drug-likeness (QED) is 0.781. The first-order valence-corrected chi connectivity index (χ1v) is 6.99. The van der Waals surface area contributed by atoms with Gasteiger partial charge in [0.1, 0.15) is 5.69 Å². The number of halogens is 1. The molecule has 4 rings (SSSR count). The third kappa shape index (κ3) is 1.84. The second-order valence-corrected chi connectivity index (χ2v) is 5.58. The molecule has 2 heterocycles. The van der Waals surface area contributed by atoms with Crippen LogP contribution in [-0.4, -0.2) is 14.5 Å². The maximum atomic E-state index is 6.12. The van der Waals surface area contributed by atoms with Crippen LogP contribution >= 0.6 is 11.6 Å². The van der Waals surface area contributed by atoms with Crippen LogP contribution in [0.25, 0.3) is 22.6 Å². The van der Waals surface area contributed by atoms with Gasteiger partial charge < -0.3 is 10.3 Å². The highest BCUT2D eigenvalue weighted by atomic mass is 35.5. The summed E-state index contributed by atoms with van der Waals surface area (Å²) >= 11 is 6.12. The van der Waals surface area contributed by atoms with Crippen LogP contribution in [0.4, 0.5) is 5.69 Å². The molecule has 0 bridgehead atoms. The molecule has 0 atom stereocenters. The number of nitrogens with zero attached hydrogens (tertiary/aromatic N) is 3. The van der Waals surface area contributed by atoms with E-state index in [1.165, 1.54) is 12.8 Å². The van der Waals surface area contributed by atoms with Crippen LogP contribution in [0.5, 0.6) is 0 Å². The molecule has 2 aromatic heterocycles. The van der Waals surface area contributed by atoms with Crippen LogP contribution < -0.4 is 5.73 Å². The van der Waals surface area contributed by atoms with Gasteiger partial charge >= 0.3 is 0 Å². The lowest BCUT2D eigenvalue weighted by Crippen LogP contribution is -1.99. The van der Waals surface area contributed by atoms with Crippen LogP contribution in [0.15, 0.2) is 36.5 Å². The van der Waals surface area contributed by atoms with Crippen LogP contribution in [-0.2, 0) is 0 Å². The minimum atomic E-state index is 0.507. The van der Waals surface area contributed by atoms with E-state index in [0.29, 0.717) is 11.7 Å². The molecule has 1 aliphatic rings. The lowest BCUT2D eigenvalue weighted by Gasteiger charge is -2.07. The predicted molar refractivity (Wildman–Crippen MR) is 80.7 cm³/mol. The van der Waals surface area contributed by atoms with Crippen LogP contribution in [0.2, 0.25) is 5.02 Å². The number of nitrogens with two attached hydrogens (primary N) is 1. The van der Waals surface area contributed by atoms with Crippen molar-refractivity contribution in [1.29, 1.82) is 0 Å². The van der Waals surface area contributed by atoms with E-state index in [1.54, 1.807) is 6.20 Å². The van der Waals surface area contributed by atoms with Gasteiger partial charge in [0.15, 0.2) is 5.82 Å². The van der Waals surface area contributed by atoms with E-state index in [2.05, 4.69) is 9.55 Å². The Hall–Kier alpha value is -2.07. The largest absolute Gasteiger partial charge is 0.397 e. The smallest absolute Gasteiger partial charge is 0.160 e. The Bertz CT molecular complexity index is 787. The number of hydrogen-bond donors (Lipinski definition) is 1. The molecule has 0 amide bonds. The molecule has 20 heavy (non-hydrogen) atoms. The molecular weight excluding hydrogens is 272 g/mol. The number of anilines is 1. The van der Waals surface area contributed by atoms with Gasteiger partial charge in [0.05, 0.1) is 22.9 Å². The predicted octanol–water partition coefficient (Wildman–Crippen LogP) is 3.67. The molecule has 1 fully saturated rings. The first-order valence-electron chi connectivity index (χ1n) is 6.62. The number of benzene rings is 1. The third-order valence-corrected chi connectivity index (χ3v) is 3.81. The summed E-state index contributed by atoms with van der Waals surface area (Å²) in [6, 6.07) is 10.1. The SMILES string of the molecule is Nc1ccc(-c2nc3ccc(Cl)cc3n2C2CC2)nc1. The van der Waals surface area contributed by atoms with Gasteiger partial charge in [-0.25, -0.2) is 4.98 Å². The van der Waals surface area contributed by atoms with Crippen LogP contribution in [0.1, 0.15) is 18.9 Å². The van der Waals surface area contributed by atoms with Crippen molar-refractivity contribution in [1.82, 2.24) is 14.5 Å². The highest BCUT2D eigenvalue weighted by molar-refractivity contribution is 6.31. The fourth-order valence-electron chi connectivity index (χ4n) is 2.49. The number of aromatic nitrogens is 3. The maximum Gasteiger partial charge on any atom is 0.160 e. The molecule has 0 saturated heterocycles. The number of hydrogen-bond acceptors (Lipinski definition) is 3. The fraction of sp³-hybridized carbons (Fsp3) is 0.200. The summed E-state index contributed by atoms with van der Waals surface area (Å²) in [6.45, 7) is 0. The number of imidazole rings is 1. The second-order valence-electron chi connectivity index (χ2n) is 5.15. The van der Waals surface area contributed by atoms with Crippen molar-refractivity contribution >= 4 is 28.3 Å². The van der Waals surface area contributed by atoms with E-state index in [9.17, 15) is 0 Å². The zero-order valence-electron chi connectivity index (χ0n) is 10.8. The monoisotopic (exact) mass is 284 g/mol. The third-order valence-electron chi connectivity index (χ3n) is 3.58. The summed E-state index contributed by atoms with van der Waals surface area (Å²) in [5.41, 5.74) is 9.24. The molecule has 1 saturated carbocycles. The first kappa shape index (κ1) is 11.7. The molecule has 1 aliphatic carbocycles. The molecule has 3 aromatic rings. The average Bonchev–Trinajstić information content (AvgIpc) is 3.21. The minimum absolute atomic E-state index is 0.507. The summed E-state index contributed by atoms with van der Waals surface area (Å²) in [7, 11) is 0. The van der Waals surface area contributed by atoms with Gasteiger partial charge in [-0.05, 0) is 43.2 Å². The lowest BCUT2D eigenvalue weighted by atomic mass is 10.3. The number of rotatable bonds is 2. The molecule has 5 heteroatoms. The van der Waals surface area contributed by atoms with Gasteiger partial charge in [-0.1, -0.05) is 11.6 Å². The van der Waals surface area contributed by atoms with E-state index in [1.807, 2.05) is 30.3 Å². The summed E-state index contributed by atoms with van der Waals surface area (Å²) in [6.07, 6.45) is 4.03.